The Morgan fingerprint density at radius 3 is 2.85 bits per heavy atom. The highest BCUT2D eigenvalue weighted by Gasteiger charge is 2.10. The lowest BCUT2D eigenvalue weighted by atomic mass is 10.2. The van der Waals surface area contributed by atoms with Crippen molar-refractivity contribution in [1.82, 2.24) is 25.1 Å². The van der Waals surface area contributed by atoms with Crippen LogP contribution in [-0.4, -0.2) is 46.4 Å². The van der Waals surface area contributed by atoms with Crippen molar-refractivity contribution >= 4 is 40.2 Å². The van der Waals surface area contributed by atoms with Crippen LogP contribution in [0.2, 0.25) is 0 Å². The first-order valence-corrected chi connectivity index (χ1v) is 11.2. The number of carbonyl (C=O) groups excluding carboxylic acids is 1. The van der Waals surface area contributed by atoms with Crippen LogP contribution in [0.15, 0.2) is 54.3 Å². The Labute approximate surface area is 195 Å². The molecule has 0 saturated heterocycles. The Hall–Kier alpha value is -3.92. The van der Waals surface area contributed by atoms with Gasteiger partial charge in [0.1, 0.15) is 12.1 Å². The van der Waals surface area contributed by atoms with Gasteiger partial charge in [-0.1, -0.05) is 12.1 Å². The molecule has 0 spiro atoms. The molecule has 1 amide bonds. The van der Waals surface area contributed by atoms with Crippen LogP contribution in [0.1, 0.15) is 10.4 Å². The van der Waals surface area contributed by atoms with E-state index in [0.717, 1.165) is 16.8 Å². The molecule has 2 N–H and O–H groups in total. The summed E-state index contributed by atoms with van der Waals surface area (Å²) in [5.74, 6) is 1.78. The van der Waals surface area contributed by atoms with Crippen molar-refractivity contribution in [2.24, 2.45) is 0 Å². The number of carbonyl (C=O) groups is 1. The molecule has 0 fully saturated rings. The standard InChI is InChI=1S/C23H24N6O3S/c1-31-19-7-5-16(12-20(19)32-2)6-8-21(30)24-9-10-29-23-18(14-28-29)22(26-15-27-23)25-13-17-4-3-11-33-17/h3-8,11-12,14-15H,9-10,13H2,1-2H3,(H,24,30)(H,25,26,27)/b8-6+. The van der Waals surface area contributed by atoms with Gasteiger partial charge in [-0.15, -0.1) is 11.3 Å². The van der Waals surface area contributed by atoms with Crippen molar-refractivity contribution in [2.75, 3.05) is 26.1 Å². The lowest BCUT2D eigenvalue weighted by Gasteiger charge is -2.08. The fourth-order valence-corrected chi connectivity index (χ4v) is 3.90. The SMILES string of the molecule is COc1ccc(/C=C/C(=O)NCCn2ncc3c(NCc4cccs4)ncnc32)cc1OC. The van der Waals surface area contributed by atoms with Crippen LogP contribution in [0.25, 0.3) is 17.1 Å². The molecule has 1 aromatic carbocycles. The second kappa shape index (κ2) is 10.6. The molecule has 0 atom stereocenters. The topological polar surface area (TPSA) is 103 Å². The molecule has 0 saturated carbocycles. The smallest absolute Gasteiger partial charge is 0.244 e. The molecule has 9 nitrogen and oxygen atoms in total. The van der Waals surface area contributed by atoms with Gasteiger partial charge in [-0.3, -0.25) is 4.79 Å². The van der Waals surface area contributed by atoms with Crippen molar-refractivity contribution in [3.05, 3.63) is 64.8 Å². The van der Waals surface area contributed by atoms with Gasteiger partial charge in [-0.05, 0) is 35.2 Å². The van der Waals surface area contributed by atoms with E-state index in [0.29, 0.717) is 36.8 Å². The average Bonchev–Trinajstić information content (AvgIpc) is 3.51. The maximum atomic E-state index is 12.2. The number of fused-ring (bicyclic) bond motifs is 1. The van der Waals surface area contributed by atoms with Gasteiger partial charge in [0.25, 0.3) is 0 Å². The first kappa shape index (κ1) is 22.3. The van der Waals surface area contributed by atoms with Crippen LogP contribution in [-0.2, 0) is 17.9 Å². The highest BCUT2D eigenvalue weighted by Crippen LogP contribution is 2.28. The van der Waals surface area contributed by atoms with Crippen molar-refractivity contribution in [3.63, 3.8) is 0 Å². The van der Waals surface area contributed by atoms with Gasteiger partial charge in [0.2, 0.25) is 5.91 Å². The molecular weight excluding hydrogens is 440 g/mol. The molecule has 4 aromatic rings. The summed E-state index contributed by atoms with van der Waals surface area (Å²) in [5.41, 5.74) is 1.55. The summed E-state index contributed by atoms with van der Waals surface area (Å²) in [6, 6.07) is 9.55. The molecular formula is C23H24N6O3S. The Kier molecular flexibility index (Phi) is 7.16. The highest BCUT2D eigenvalue weighted by molar-refractivity contribution is 7.09. The average molecular weight is 465 g/mol. The Morgan fingerprint density at radius 1 is 1.18 bits per heavy atom. The molecule has 4 rings (SSSR count). The van der Waals surface area contributed by atoms with Gasteiger partial charge in [0.05, 0.1) is 38.9 Å². The van der Waals surface area contributed by atoms with E-state index in [1.165, 1.54) is 17.3 Å². The van der Waals surface area contributed by atoms with Crippen LogP contribution in [0, 0.1) is 0 Å². The van der Waals surface area contributed by atoms with Gasteiger partial charge in [0.15, 0.2) is 17.1 Å². The lowest BCUT2D eigenvalue weighted by molar-refractivity contribution is -0.116. The Morgan fingerprint density at radius 2 is 2.06 bits per heavy atom. The molecule has 0 aliphatic heterocycles. The number of ether oxygens (including phenoxy) is 2. The van der Waals surface area contributed by atoms with E-state index in [2.05, 4.69) is 31.8 Å². The van der Waals surface area contributed by atoms with E-state index in [9.17, 15) is 4.79 Å². The minimum atomic E-state index is -0.200. The number of methoxy groups -OCH3 is 2. The monoisotopic (exact) mass is 464 g/mol. The van der Waals surface area contributed by atoms with Crippen LogP contribution >= 0.6 is 11.3 Å². The van der Waals surface area contributed by atoms with Gasteiger partial charge in [-0.25, -0.2) is 14.6 Å². The molecule has 0 unspecified atom stereocenters. The number of hydrogen-bond donors (Lipinski definition) is 2. The van der Waals surface area contributed by atoms with Gasteiger partial charge in [-0.2, -0.15) is 5.10 Å². The van der Waals surface area contributed by atoms with Crippen molar-refractivity contribution in [2.45, 2.75) is 13.1 Å². The maximum absolute atomic E-state index is 12.2. The number of benzene rings is 1. The molecule has 33 heavy (non-hydrogen) atoms. The molecule has 0 bridgehead atoms. The first-order valence-electron chi connectivity index (χ1n) is 10.3. The fourth-order valence-electron chi connectivity index (χ4n) is 3.25. The molecule has 10 heteroatoms. The molecule has 0 aliphatic carbocycles. The van der Waals surface area contributed by atoms with Gasteiger partial charge in [0, 0.05) is 17.5 Å². The number of hydrogen-bond acceptors (Lipinski definition) is 8. The minimum Gasteiger partial charge on any atom is -0.493 e. The van der Waals surface area contributed by atoms with Crippen LogP contribution < -0.4 is 20.1 Å². The molecule has 0 radical (unpaired) electrons. The van der Waals surface area contributed by atoms with E-state index >= 15 is 0 Å². The number of aromatic nitrogens is 4. The van der Waals surface area contributed by atoms with E-state index in [1.54, 1.807) is 48.6 Å². The summed E-state index contributed by atoms with van der Waals surface area (Å²) in [4.78, 5) is 22.1. The van der Waals surface area contributed by atoms with E-state index < -0.39 is 0 Å². The van der Waals surface area contributed by atoms with E-state index in [1.807, 2.05) is 23.6 Å². The van der Waals surface area contributed by atoms with Crippen molar-refractivity contribution < 1.29 is 14.3 Å². The van der Waals surface area contributed by atoms with Gasteiger partial charge < -0.3 is 20.1 Å². The predicted molar refractivity (Wildman–Crippen MR) is 129 cm³/mol. The summed E-state index contributed by atoms with van der Waals surface area (Å²) in [7, 11) is 3.16. The number of amides is 1. The second-order valence-electron chi connectivity index (χ2n) is 7.00. The minimum absolute atomic E-state index is 0.200. The first-order chi connectivity index (χ1) is 16.2. The predicted octanol–water partition coefficient (Wildman–Crippen LogP) is 3.35. The highest BCUT2D eigenvalue weighted by atomic mass is 32.1. The van der Waals surface area contributed by atoms with Gasteiger partial charge >= 0.3 is 0 Å². The van der Waals surface area contributed by atoms with Crippen LogP contribution in [0.4, 0.5) is 5.82 Å². The normalized spacial score (nSPS) is 11.1. The largest absolute Gasteiger partial charge is 0.493 e. The number of nitrogens with one attached hydrogen (secondary N) is 2. The Bertz CT molecular complexity index is 1250. The zero-order valence-corrected chi connectivity index (χ0v) is 19.1. The molecule has 3 aromatic heterocycles. The van der Waals surface area contributed by atoms with Crippen molar-refractivity contribution in [1.29, 1.82) is 0 Å². The third-order valence-electron chi connectivity index (χ3n) is 4.90. The summed E-state index contributed by atoms with van der Waals surface area (Å²) < 4.78 is 12.3. The third kappa shape index (κ3) is 5.47. The van der Waals surface area contributed by atoms with E-state index in [-0.39, 0.29) is 5.91 Å². The zero-order chi connectivity index (χ0) is 23.0. The number of rotatable bonds is 10. The molecule has 0 aliphatic rings. The fraction of sp³-hybridized carbons (Fsp3) is 0.217. The van der Waals surface area contributed by atoms with Crippen molar-refractivity contribution in [3.8, 4) is 11.5 Å². The van der Waals surface area contributed by atoms with E-state index in [4.69, 9.17) is 9.47 Å². The lowest BCUT2D eigenvalue weighted by Crippen LogP contribution is -2.25. The quantitative estimate of drug-likeness (QED) is 0.347. The van der Waals surface area contributed by atoms with Crippen LogP contribution in [0.5, 0.6) is 11.5 Å². The maximum Gasteiger partial charge on any atom is 0.244 e. The summed E-state index contributed by atoms with van der Waals surface area (Å²) in [6.07, 6.45) is 6.46. The third-order valence-corrected chi connectivity index (χ3v) is 5.78. The Balaban J connectivity index is 1.33. The second-order valence-corrected chi connectivity index (χ2v) is 8.03. The number of thiophene rings is 1. The molecule has 170 valence electrons. The summed E-state index contributed by atoms with van der Waals surface area (Å²) >= 11 is 1.69. The number of nitrogens with zero attached hydrogens (tertiary/aromatic N) is 4. The summed E-state index contributed by atoms with van der Waals surface area (Å²) in [6.45, 7) is 1.59. The number of anilines is 1. The molecule has 3 heterocycles. The van der Waals surface area contributed by atoms with Crippen LogP contribution in [0.3, 0.4) is 0 Å². The summed E-state index contributed by atoms with van der Waals surface area (Å²) in [5, 5.41) is 13.5. The zero-order valence-electron chi connectivity index (χ0n) is 18.3.